The minimum absolute atomic E-state index is 0.0763. The van der Waals surface area contributed by atoms with Gasteiger partial charge < -0.3 is 15.2 Å². The number of anilines is 2. The summed E-state index contributed by atoms with van der Waals surface area (Å²) in [5.74, 6) is -0.984. The van der Waals surface area contributed by atoms with Crippen LogP contribution in [0.2, 0.25) is 0 Å². The van der Waals surface area contributed by atoms with E-state index in [9.17, 15) is 8.78 Å². The van der Waals surface area contributed by atoms with E-state index in [1.165, 1.54) is 12.3 Å². The lowest BCUT2D eigenvalue weighted by Gasteiger charge is -2.08. The molecule has 0 aliphatic carbocycles. The van der Waals surface area contributed by atoms with Gasteiger partial charge in [0.05, 0.1) is 5.69 Å². The summed E-state index contributed by atoms with van der Waals surface area (Å²) >= 11 is 4.91. The molecule has 7 heteroatoms. The van der Waals surface area contributed by atoms with Crippen LogP contribution >= 0.6 is 12.2 Å². The van der Waals surface area contributed by atoms with Gasteiger partial charge in [-0.25, -0.2) is 8.78 Å². The summed E-state index contributed by atoms with van der Waals surface area (Å²) in [7, 11) is 0. The highest BCUT2D eigenvalue weighted by atomic mass is 32.1. The van der Waals surface area contributed by atoms with Crippen molar-refractivity contribution in [1.82, 2.24) is 5.16 Å². The maximum Gasteiger partial charge on any atom is 0.176 e. The molecule has 0 radical (unpaired) electrons. The summed E-state index contributed by atoms with van der Waals surface area (Å²) in [5.41, 5.74) is 0.0763. The molecule has 2 N–H and O–H groups in total. The molecule has 0 saturated carbocycles. The second kappa shape index (κ2) is 4.88. The Labute approximate surface area is 101 Å². The molecule has 2 aromatic rings. The fourth-order valence-electron chi connectivity index (χ4n) is 1.14. The van der Waals surface area contributed by atoms with Crippen molar-refractivity contribution in [2.24, 2.45) is 0 Å². The highest BCUT2D eigenvalue weighted by Gasteiger charge is 2.06. The smallest absolute Gasteiger partial charge is 0.176 e. The lowest BCUT2D eigenvalue weighted by atomic mass is 10.3. The monoisotopic (exact) mass is 255 g/mol. The van der Waals surface area contributed by atoms with E-state index >= 15 is 0 Å². The fourth-order valence-corrected chi connectivity index (χ4v) is 1.35. The van der Waals surface area contributed by atoms with Crippen LogP contribution in [-0.4, -0.2) is 10.3 Å². The zero-order valence-electron chi connectivity index (χ0n) is 8.41. The molecule has 0 unspecified atom stereocenters. The summed E-state index contributed by atoms with van der Waals surface area (Å²) in [4.78, 5) is 0. The van der Waals surface area contributed by atoms with Gasteiger partial charge in [-0.2, -0.15) is 0 Å². The van der Waals surface area contributed by atoms with Crippen molar-refractivity contribution in [3.05, 3.63) is 42.2 Å². The number of thiocarbonyl (C=S) groups is 1. The predicted octanol–water partition coefficient (Wildman–Crippen LogP) is 2.76. The Hall–Kier alpha value is -2.02. The van der Waals surface area contributed by atoms with Gasteiger partial charge in [0.15, 0.2) is 10.9 Å². The second-order valence-electron chi connectivity index (χ2n) is 3.09. The Bertz CT molecular complexity index is 530. The Morgan fingerprint density at radius 1 is 1.24 bits per heavy atom. The predicted molar refractivity (Wildman–Crippen MR) is 62.7 cm³/mol. The van der Waals surface area contributed by atoms with Gasteiger partial charge >= 0.3 is 0 Å². The van der Waals surface area contributed by atoms with E-state index in [1.54, 1.807) is 6.07 Å². The third kappa shape index (κ3) is 2.97. The zero-order valence-corrected chi connectivity index (χ0v) is 9.22. The molecule has 88 valence electrons. The van der Waals surface area contributed by atoms with Crippen molar-refractivity contribution in [2.75, 3.05) is 10.6 Å². The van der Waals surface area contributed by atoms with Crippen molar-refractivity contribution in [3.8, 4) is 0 Å². The van der Waals surface area contributed by atoms with Crippen LogP contribution in [0.5, 0.6) is 0 Å². The van der Waals surface area contributed by atoms with Crippen LogP contribution in [0.1, 0.15) is 0 Å². The number of nitrogens with one attached hydrogen (secondary N) is 2. The molecule has 2 rings (SSSR count). The molecular weight excluding hydrogens is 248 g/mol. The van der Waals surface area contributed by atoms with E-state index in [-0.39, 0.29) is 10.8 Å². The van der Waals surface area contributed by atoms with E-state index in [4.69, 9.17) is 12.2 Å². The van der Waals surface area contributed by atoms with Gasteiger partial charge in [-0.3, -0.25) is 0 Å². The number of rotatable bonds is 2. The van der Waals surface area contributed by atoms with E-state index in [0.29, 0.717) is 5.82 Å². The van der Waals surface area contributed by atoms with E-state index < -0.39 is 11.6 Å². The lowest BCUT2D eigenvalue weighted by Crippen LogP contribution is -2.19. The van der Waals surface area contributed by atoms with Gasteiger partial charge in [0.2, 0.25) is 0 Å². The Balaban J connectivity index is 2.03. The SMILES string of the molecule is Fc1ccc(NC(=S)Nc2ccon2)c(F)c1. The first kappa shape index (κ1) is 11.5. The maximum absolute atomic E-state index is 13.3. The van der Waals surface area contributed by atoms with Crippen molar-refractivity contribution in [3.63, 3.8) is 0 Å². The fraction of sp³-hybridized carbons (Fsp3) is 0. The lowest BCUT2D eigenvalue weighted by molar-refractivity contribution is 0.423. The molecule has 0 atom stereocenters. The molecule has 17 heavy (non-hydrogen) atoms. The van der Waals surface area contributed by atoms with E-state index in [2.05, 4.69) is 20.3 Å². The second-order valence-corrected chi connectivity index (χ2v) is 3.50. The topological polar surface area (TPSA) is 50.1 Å². The first-order valence-corrected chi connectivity index (χ1v) is 4.99. The minimum Gasteiger partial charge on any atom is -0.363 e. The number of nitrogens with zero attached hydrogens (tertiary/aromatic N) is 1. The van der Waals surface area contributed by atoms with Gasteiger partial charge in [0.25, 0.3) is 0 Å². The van der Waals surface area contributed by atoms with Crippen LogP contribution in [0.4, 0.5) is 20.3 Å². The van der Waals surface area contributed by atoms with Gasteiger partial charge in [0, 0.05) is 12.1 Å². The molecule has 0 saturated heterocycles. The molecule has 1 heterocycles. The zero-order chi connectivity index (χ0) is 12.3. The number of halogens is 2. The summed E-state index contributed by atoms with van der Waals surface area (Å²) in [6.07, 6.45) is 1.36. The van der Waals surface area contributed by atoms with Gasteiger partial charge in [-0.05, 0) is 24.4 Å². The first-order chi connectivity index (χ1) is 8.15. The van der Waals surface area contributed by atoms with Crippen molar-refractivity contribution >= 4 is 28.8 Å². The molecular formula is C10H7F2N3OS. The Morgan fingerprint density at radius 3 is 2.71 bits per heavy atom. The average molecular weight is 255 g/mol. The molecule has 0 spiro atoms. The average Bonchev–Trinajstić information content (AvgIpc) is 2.75. The largest absolute Gasteiger partial charge is 0.363 e. The highest BCUT2D eigenvalue weighted by Crippen LogP contribution is 2.15. The van der Waals surface area contributed by atoms with E-state index in [0.717, 1.165) is 12.1 Å². The normalized spacial score (nSPS) is 10.0. The number of hydrogen-bond donors (Lipinski definition) is 2. The van der Waals surface area contributed by atoms with Crippen LogP contribution < -0.4 is 10.6 Å². The van der Waals surface area contributed by atoms with Crippen LogP contribution in [-0.2, 0) is 0 Å². The maximum atomic E-state index is 13.3. The number of hydrogen-bond acceptors (Lipinski definition) is 3. The molecule has 1 aromatic carbocycles. The van der Waals surface area contributed by atoms with Gasteiger partial charge in [-0.15, -0.1) is 0 Å². The van der Waals surface area contributed by atoms with E-state index in [1.807, 2.05) is 0 Å². The highest BCUT2D eigenvalue weighted by molar-refractivity contribution is 7.80. The Kier molecular flexibility index (Phi) is 3.29. The van der Waals surface area contributed by atoms with Crippen molar-refractivity contribution < 1.29 is 13.3 Å². The summed E-state index contributed by atoms with van der Waals surface area (Å²) < 4.78 is 30.5. The van der Waals surface area contributed by atoms with Crippen LogP contribution in [0.3, 0.4) is 0 Å². The van der Waals surface area contributed by atoms with Gasteiger partial charge in [-0.1, -0.05) is 5.16 Å². The Morgan fingerprint density at radius 2 is 2.06 bits per heavy atom. The molecule has 0 aliphatic heterocycles. The molecule has 4 nitrogen and oxygen atoms in total. The summed E-state index contributed by atoms with van der Waals surface area (Å²) in [6.45, 7) is 0. The molecule has 0 bridgehead atoms. The van der Waals surface area contributed by atoms with Gasteiger partial charge in [0.1, 0.15) is 17.9 Å². The molecule has 0 fully saturated rings. The third-order valence-electron chi connectivity index (χ3n) is 1.86. The standard InChI is InChI=1S/C10H7F2N3OS/c11-6-1-2-8(7(12)5-6)13-10(17)14-9-3-4-16-15-9/h1-5H,(H2,13,14,15,17). The summed E-state index contributed by atoms with van der Waals surface area (Å²) in [5, 5.41) is 8.94. The van der Waals surface area contributed by atoms with Crippen molar-refractivity contribution in [1.29, 1.82) is 0 Å². The van der Waals surface area contributed by atoms with Crippen LogP contribution in [0.15, 0.2) is 35.1 Å². The molecule has 0 aliphatic rings. The molecule has 1 aromatic heterocycles. The van der Waals surface area contributed by atoms with Crippen LogP contribution in [0.25, 0.3) is 0 Å². The van der Waals surface area contributed by atoms with Crippen molar-refractivity contribution in [2.45, 2.75) is 0 Å². The first-order valence-electron chi connectivity index (χ1n) is 4.58. The third-order valence-corrected chi connectivity index (χ3v) is 2.06. The quantitative estimate of drug-likeness (QED) is 0.808. The minimum atomic E-state index is -0.727. The number of aromatic nitrogens is 1. The summed E-state index contributed by atoms with van der Waals surface area (Å²) in [6, 6.07) is 4.70. The van der Waals surface area contributed by atoms with Crippen LogP contribution in [0, 0.1) is 11.6 Å². The number of benzene rings is 1. The molecule has 0 amide bonds.